The van der Waals surface area contributed by atoms with Crippen molar-refractivity contribution in [1.82, 2.24) is 0 Å². The van der Waals surface area contributed by atoms with Crippen LogP contribution in [-0.2, 0) is 11.3 Å². The molecule has 2 nitrogen and oxygen atoms in total. The van der Waals surface area contributed by atoms with Crippen LogP contribution in [0.3, 0.4) is 0 Å². The molecular weight excluding hydrogens is 214 g/mol. The van der Waals surface area contributed by atoms with Crippen molar-refractivity contribution < 1.29 is 9.31 Å². The Morgan fingerprint density at radius 3 is 2.62 bits per heavy atom. The first-order chi connectivity index (χ1) is 7.47. The van der Waals surface area contributed by atoms with E-state index in [9.17, 15) is 0 Å². The maximum atomic E-state index is 5.80. The molecule has 16 heavy (non-hydrogen) atoms. The van der Waals surface area contributed by atoms with Crippen LogP contribution in [0.4, 0.5) is 0 Å². The Morgan fingerprint density at radius 2 is 1.94 bits per heavy atom. The lowest BCUT2D eigenvalue weighted by Gasteiger charge is -2.12. The van der Waals surface area contributed by atoms with Crippen molar-refractivity contribution in [3.8, 4) is 0 Å². The zero-order valence-corrected chi connectivity index (χ0v) is 11.6. The van der Waals surface area contributed by atoms with E-state index in [0.29, 0.717) is 0 Å². The fourth-order valence-corrected chi connectivity index (χ4v) is 3.74. The average molecular weight is 234 g/mol. The van der Waals surface area contributed by atoms with Crippen LogP contribution < -0.4 is 0 Å². The van der Waals surface area contributed by atoms with Crippen LogP contribution in [0.1, 0.15) is 11.1 Å². The zero-order valence-electron chi connectivity index (χ0n) is 10.6. The van der Waals surface area contributed by atoms with Gasteiger partial charge in [0.2, 0.25) is 0 Å². The first kappa shape index (κ1) is 11.4. The number of benzene rings is 1. The van der Waals surface area contributed by atoms with Crippen molar-refractivity contribution in [1.29, 1.82) is 0 Å². The second-order valence-corrected chi connectivity index (χ2v) is 11.1. The van der Waals surface area contributed by atoms with Crippen LogP contribution >= 0.6 is 0 Å². The van der Waals surface area contributed by atoms with E-state index < -0.39 is 8.07 Å². The molecule has 86 valence electrons. The number of rotatable bonds is 2. The van der Waals surface area contributed by atoms with E-state index in [1.807, 2.05) is 0 Å². The molecule has 0 radical (unpaired) electrons. The molecule has 1 heterocycles. The quantitative estimate of drug-likeness (QED) is 0.565. The van der Waals surface area contributed by atoms with Gasteiger partial charge in [-0.2, -0.15) is 0 Å². The fraction of sp³-hybridized carbons (Fsp3) is 0.462. The van der Waals surface area contributed by atoms with Crippen molar-refractivity contribution in [2.24, 2.45) is 0 Å². The third-order valence-corrected chi connectivity index (χ3v) is 4.09. The zero-order chi connectivity index (χ0) is 11.8. The van der Waals surface area contributed by atoms with Gasteiger partial charge < -0.3 is 4.74 Å². The number of ether oxygens (including phenoxy) is 1. The Hall–Kier alpha value is -1.09. The molecule has 1 aromatic rings. The molecule has 1 aromatic carbocycles. The Labute approximate surface area is 98.6 Å². The minimum atomic E-state index is -1.08. The third kappa shape index (κ3) is 2.35. The maximum absolute atomic E-state index is 5.80. The summed E-state index contributed by atoms with van der Waals surface area (Å²) in [5.41, 5.74) is 2.57. The normalized spacial score (nSPS) is 18.0. The van der Waals surface area contributed by atoms with E-state index in [-0.39, 0.29) is 0 Å². The summed E-state index contributed by atoms with van der Waals surface area (Å²) in [6.45, 7) is 7.86. The van der Waals surface area contributed by atoms with Gasteiger partial charge in [-0.05, 0) is 6.07 Å². The predicted molar refractivity (Wildman–Crippen MR) is 69.7 cm³/mol. The second kappa shape index (κ2) is 4.05. The maximum Gasteiger partial charge on any atom is 0.370 e. The van der Waals surface area contributed by atoms with E-state index in [1.165, 1.54) is 11.1 Å². The molecule has 0 unspecified atom stereocenters. The topological polar surface area (TPSA) is 12.2 Å². The van der Waals surface area contributed by atoms with Gasteiger partial charge in [0.1, 0.15) is 27.9 Å². The molecule has 0 bridgehead atoms. The van der Waals surface area contributed by atoms with E-state index in [0.717, 1.165) is 18.7 Å². The van der Waals surface area contributed by atoms with Gasteiger partial charge in [0.15, 0.2) is 0 Å². The first-order valence-corrected chi connectivity index (χ1v) is 9.47. The highest BCUT2D eigenvalue weighted by Gasteiger charge is 2.29. The van der Waals surface area contributed by atoms with Crippen LogP contribution in [0.2, 0.25) is 19.6 Å². The number of hydrogen-bond acceptors (Lipinski definition) is 1. The predicted octanol–water partition coefficient (Wildman–Crippen LogP) is 2.48. The summed E-state index contributed by atoms with van der Waals surface area (Å²) in [6, 6.07) is 8.45. The highest BCUT2D eigenvalue weighted by atomic mass is 28.3. The lowest BCUT2D eigenvalue weighted by atomic mass is 10.1. The standard InChI is InChI=1S/C13H20NOSi/c1-14(10-16(2,3)4)13-12-8-6-5-7-11(12)9-15-13/h5-8H,9-10H2,1-4H3/q+1/b14-13+. The molecule has 0 N–H and O–H groups in total. The number of nitrogens with zero attached hydrogens (tertiary/aromatic N) is 1. The molecule has 0 saturated heterocycles. The monoisotopic (exact) mass is 234 g/mol. The lowest BCUT2D eigenvalue weighted by molar-refractivity contribution is -0.488. The van der Waals surface area contributed by atoms with Gasteiger partial charge in [0, 0.05) is 5.56 Å². The van der Waals surface area contributed by atoms with Gasteiger partial charge in [-0.15, -0.1) is 0 Å². The van der Waals surface area contributed by atoms with Crippen molar-refractivity contribution in [3.05, 3.63) is 35.4 Å². The summed E-state index contributed by atoms with van der Waals surface area (Å²) in [6.07, 6.45) is 1.14. The minimum Gasteiger partial charge on any atom is -0.439 e. The van der Waals surface area contributed by atoms with Crippen LogP contribution in [-0.4, -0.2) is 31.8 Å². The summed E-state index contributed by atoms with van der Waals surface area (Å²) in [5, 5.41) is 0. The molecule has 1 aliphatic heterocycles. The van der Waals surface area contributed by atoms with Crippen molar-refractivity contribution in [2.45, 2.75) is 26.2 Å². The summed E-state index contributed by atoms with van der Waals surface area (Å²) >= 11 is 0. The van der Waals surface area contributed by atoms with Gasteiger partial charge in [0.05, 0.1) is 5.56 Å². The molecule has 0 fully saturated rings. The number of fused-ring (bicyclic) bond motifs is 1. The molecule has 0 spiro atoms. The molecule has 0 aromatic heterocycles. The Kier molecular flexibility index (Phi) is 2.89. The highest BCUT2D eigenvalue weighted by Crippen LogP contribution is 2.19. The average Bonchev–Trinajstić information content (AvgIpc) is 2.58. The van der Waals surface area contributed by atoms with Crippen LogP contribution in [0, 0.1) is 0 Å². The number of hydrogen-bond donors (Lipinski definition) is 0. The van der Waals surface area contributed by atoms with Gasteiger partial charge in [0.25, 0.3) is 0 Å². The molecule has 0 aliphatic carbocycles. The van der Waals surface area contributed by atoms with Gasteiger partial charge in [-0.3, -0.25) is 0 Å². The minimum absolute atomic E-state index is 0.724. The van der Waals surface area contributed by atoms with Crippen molar-refractivity contribution >= 4 is 14.0 Å². The smallest absolute Gasteiger partial charge is 0.370 e. The van der Waals surface area contributed by atoms with Crippen LogP contribution in [0.25, 0.3) is 0 Å². The van der Waals surface area contributed by atoms with Crippen LogP contribution in [0.15, 0.2) is 24.3 Å². The molecule has 0 amide bonds. The van der Waals surface area contributed by atoms with E-state index in [2.05, 4.69) is 55.5 Å². The van der Waals surface area contributed by atoms with E-state index in [4.69, 9.17) is 4.74 Å². The van der Waals surface area contributed by atoms with Crippen LogP contribution in [0.5, 0.6) is 0 Å². The molecule has 0 atom stereocenters. The molecule has 3 heteroatoms. The Morgan fingerprint density at radius 1 is 1.25 bits per heavy atom. The lowest BCUT2D eigenvalue weighted by Crippen LogP contribution is -2.36. The second-order valence-electron chi connectivity index (χ2n) is 5.67. The largest absolute Gasteiger partial charge is 0.439 e. The Balaban J connectivity index is 2.33. The highest BCUT2D eigenvalue weighted by molar-refractivity contribution is 6.75. The Bertz CT molecular complexity index is 432. The first-order valence-electron chi connectivity index (χ1n) is 5.76. The van der Waals surface area contributed by atoms with E-state index in [1.54, 1.807) is 0 Å². The summed E-state index contributed by atoms with van der Waals surface area (Å²) in [5.74, 6) is 1.05. The van der Waals surface area contributed by atoms with E-state index >= 15 is 0 Å². The van der Waals surface area contributed by atoms with Crippen molar-refractivity contribution in [2.75, 3.05) is 13.2 Å². The SMILES string of the molecule is C/[N+](C[Si](C)(C)C)=C1\OCc2ccccc21. The molecule has 2 rings (SSSR count). The van der Waals surface area contributed by atoms with Gasteiger partial charge in [-0.25, -0.2) is 4.58 Å². The third-order valence-electron chi connectivity index (χ3n) is 2.67. The van der Waals surface area contributed by atoms with Gasteiger partial charge in [-0.1, -0.05) is 37.8 Å². The molecule has 0 saturated carbocycles. The van der Waals surface area contributed by atoms with Crippen molar-refractivity contribution in [3.63, 3.8) is 0 Å². The van der Waals surface area contributed by atoms with Gasteiger partial charge >= 0.3 is 5.90 Å². The summed E-state index contributed by atoms with van der Waals surface area (Å²) < 4.78 is 8.07. The molecule has 1 aliphatic rings. The summed E-state index contributed by atoms with van der Waals surface area (Å²) in [4.78, 5) is 0. The summed E-state index contributed by atoms with van der Waals surface area (Å²) in [7, 11) is 1.05. The molecular formula is C13H20NOSi+. The fourth-order valence-electron chi connectivity index (χ4n) is 2.18.